The highest BCUT2D eigenvalue weighted by Gasteiger charge is 2.29. The summed E-state index contributed by atoms with van der Waals surface area (Å²) in [5.74, 6) is 1.40. The molecule has 0 radical (unpaired) electrons. The predicted molar refractivity (Wildman–Crippen MR) is 115 cm³/mol. The molecule has 7 heteroatoms. The van der Waals surface area contributed by atoms with E-state index in [9.17, 15) is 0 Å². The first-order valence-electron chi connectivity index (χ1n) is 10.2. The Bertz CT molecular complexity index is 972. The van der Waals surface area contributed by atoms with Crippen molar-refractivity contribution >= 4 is 17.3 Å². The van der Waals surface area contributed by atoms with Crippen LogP contribution in [-0.4, -0.2) is 36.7 Å². The van der Waals surface area contributed by atoms with Crippen LogP contribution in [-0.2, 0) is 0 Å². The molecule has 0 saturated heterocycles. The molecule has 4 N–H and O–H groups in total. The number of hydrogen-bond acceptors (Lipinski definition) is 6. The maximum Gasteiger partial charge on any atom is 0.222 e. The van der Waals surface area contributed by atoms with Gasteiger partial charge in [-0.05, 0) is 55.9 Å². The minimum atomic E-state index is -0.279. The molecule has 0 amide bonds. The molecule has 29 heavy (non-hydrogen) atoms. The van der Waals surface area contributed by atoms with Crippen molar-refractivity contribution in [2.45, 2.75) is 39.0 Å². The van der Waals surface area contributed by atoms with Crippen molar-refractivity contribution in [3.8, 4) is 16.9 Å². The quantitative estimate of drug-likeness (QED) is 0.729. The summed E-state index contributed by atoms with van der Waals surface area (Å²) in [6.45, 7) is 6.27. The molecular weight excluding hydrogens is 369 g/mol. The number of benzene rings is 1. The second-order valence-corrected chi connectivity index (χ2v) is 7.75. The van der Waals surface area contributed by atoms with Crippen molar-refractivity contribution in [2.75, 3.05) is 37.8 Å². The lowest BCUT2D eigenvalue weighted by Gasteiger charge is -2.28. The number of nitrogen functional groups attached to an aromatic ring is 1. The number of fused-ring (bicyclic) bond motifs is 1. The summed E-state index contributed by atoms with van der Waals surface area (Å²) in [5.41, 5.74) is 10.2. The Hall–Kier alpha value is -2.67. The van der Waals surface area contributed by atoms with Gasteiger partial charge in [-0.15, -0.1) is 0 Å². The number of nitrogens with zero attached hydrogens (tertiary/aromatic N) is 2. The summed E-state index contributed by atoms with van der Waals surface area (Å²) in [7, 11) is 1.76. The monoisotopic (exact) mass is 397 g/mol. The number of halogens is 1. The summed E-state index contributed by atoms with van der Waals surface area (Å²) in [5, 5.41) is 6.40. The lowest BCUT2D eigenvalue weighted by Crippen LogP contribution is -2.16. The fraction of sp³-hybridized carbons (Fsp3) is 0.455. The van der Waals surface area contributed by atoms with Gasteiger partial charge in [-0.2, -0.15) is 4.98 Å². The summed E-state index contributed by atoms with van der Waals surface area (Å²) < 4.78 is 22.2. The average molecular weight is 397 g/mol. The van der Waals surface area contributed by atoms with Crippen LogP contribution < -0.4 is 21.1 Å². The van der Waals surface area contributed by atoms with Crippen LogP contribution in [0.2, 0.25) is 0 Å². The van der Waals surface area contributed by atoms with E-state index >= 15 is 4.39 Å². The number of hydrogen-bond donors (Lipinski definition) is 3. The molecule has 1 atom stereocenters. The lowest BCUT2D eigenvalue weighted by atomic mass is 9.85. The molecule has 4 rings (SSSR count). The van der Waals surface area contributed by atoms with Gasteiger partial charge in [0.1, 0.15) is 17.4 Å². The first-order chi connectivity index (χ1) is 14.0. The third-order valence-electron chi connectivity index (χ3n) is 5.80. The minimum absolute atomic E-state index is 0.170. The summed E-state index contributed by atoms with van der Waals surface area (Å²) in [4.78, 5) is 8.58. The molecule has 1 aromatic carbocycles. The van der Waals surface area contributed by atoms with Crippen LogP contribution in [0.5, 0.6) is 5.75 Å². The van der Waals surface area contributed by atoms with Gasteiger partial charge in [0.25, 0.3) is 0 Å². The summed E-state index contributed by atoms with van der Waals surface area (Å²) >= 11 is 0. The molecule has 0 fully saturated rings. The molecule has 2 aliphatic heterocycles. The number of allylic oxidation sites excluding steroid dienone is 1. The van der Waals surface area contributed by atoms with Crippen LogP contribution in [0.3, 0.4) is 0 Å². The fourth-order valence-corrected chi connectivity index (χ4v) is 4.27. The largest absolute Gasteiger partial charge is 0.493 e. The van der Waals surface area contributed by atoms with Crippen LogP contribution >= 0.6 is 0 Å². The van der Waals surface area contributed by atoms with Gasteiger partial charge in [0, 0.05) is 24.7 Å². The fourth-order valence-electron chi connectivity index (χ4n) is 4.27. The second-order valence-electron chi connectivity index (χ2n) is 7.75. The first kappa shape index (κ1) is 19.6. The van der Waals surface area contributed by atoms with Gasteiger partial charge in [-0.1, -0.05) is 13.0 Å². The molecule has 0 bridgehead atoms. The van der Waals surface area contributed by atoms with Crippen molar-refractivity contribution in [3.63, 3.8) is 0 Å². The Morgan fingerprint density at radius 2 is 2.14 bits per heavy atom. The zero-order valence-electron chi connectivity index (χ0n) is 17.2. The molecule has 1 unspecified atom stereocenters. The smallest absolute Gasteiger partial charge is 0.222 e. The predicted octanol–water partition coefficient (Wildman–Crippen LogP) is 3.87. The molecule has 2 aromatic rings. The number of nitrogens with one attached hydrogen (secondary N) is 2. The van der Waals surface area contributed by atoms with Gasteiger partial charge in [0.2, 0.25) is 5.95 Å². The van der Waals surface area contributed by atoms with E-state index in [0.717, 1.165) is 43.5 Å². The highest BCUT2D eigenvalue weighted by Crippen LogP contribution is 2.46. The Morgan fingerprint density at radius 1 is 1.31 bits per heavy atom. The van der Waals surface area contributed by atoms with Crippen molar-refractivity contribution in [2.24, 2.45) is 0 Å². The van der Waals surface area contributed by atoms with E-state index in [0.29, 0.717) is 40.6 Å². The van der Waals surface area contributed by atoms with E-state index in [1.807, 2.05) is 13.0 Å². The minimum Gasteiger partial charge on any atom is -0.493 e. The third kappa shape index (κ3) is 3.55. The van der Waals surface area contributed by atoms with Gasteiger partial charge in [0.15, 0.2) is 0 Å². The van der Waals surface area contributed by atoms with Gasteiger partial charge in [-0.25, -0.2) is 9.37 Å². The first-order valence-corrected chi connectivity index (χ1v) is 10.2. The maximum atomic E-state index is 16.1. The molecule has 0 saturated carbocycles. The normalized spacial score (nSPS) is 19.0. The average Bonchev–Trinajstić information content (AvgIpc) is 2.97. The number of aryl methyl sites for hydroxylation is 1. The van der Waals surface area contributed by atoms with E-state index in [1.54, 1.807) is 7.05 Å². The standard InChI is InChI=1S/C22H28FN5O/c1-12-7-10-29-20-15(12)11-16(17-13(2)27-22(24)28-21(17)25-3)19(23)18(20)14-5-4-8-26-9-6-14/h6,11-12,26H,4-5,7-10H2,1-3H3,(H3,24,25,27,28). The summed E-state index contributed by atoms with van der Waals surface area (Å²) in [6.07, 6.45) is 4.77. The topological polar surface area (TPSA) is 85.1 Å². The molecule has 2 aliphatic rings. The van der Waals surface area contributed by atoms with E-state index in [4.69, 9.17) is 10.5 Å². The molecule has 0 spiro atoms. The van der Waals surface area contributed by atoms with Crippen LogP contribution in [0.25, 0.3) is 16.7 Å². The Labute approximate surface area is 170 Å². The van der Waals surface area contributed by atoms with E-state index in [2.05, 4.69) is 33.6 Å². The molecular formula is C22H28FN5O. The molecule has 154 valence electrons. The van der Waals surface area contributed by atoms with Crippen molar-refractivity contribution in [1.29, 1.82) is 0 Å². The number of aromatic nitrogens is 2. The summed E-state index contributed by atoms with van der Waals surface area (Å²) in [6, 6.07) is 1.91. The SMILES string of the molecule is CNc1nc(N)nc(C)c1-c1cc2c(c(C3=CCNCCC3)c1F)OCCC2C. The van der Waals surface area contributed by atoms with E-state index in [-0.39, 0.29) is 17.7 Å². The maximum absolute atomic E-state index is 16.1. The lowest BCUT2D eigenvalue weighted by molar-refractivity contribution is 0.270. The van der Waals surface area contributed by atoms with Crippen molar-refractivity contribution in [1.82, 2.24) is 15.3 Å². The van der Waals surface area contributed by atoms with Gasteiger partial charge in [-0.3, -0.25) is 0 Å². The zero-order chi connectivity index (χ0) is 20.5. The van der Waals surface area contributed by atoms with Crippen LogP contribution in [0.15, 0.2) is 12.1 Å². The zero-order valence-corrected chi connectivity index (χ0v) is 17.2. The van der Waals surface area contributed by atoms with Crippen molar-refractivity contribution in [3.05, 3.63) is 34.8 Å². The third-order valence-corrected chi connectivity index (χ3v) is 5.80. The number of rotatable bonds is 3. The Kier molecular flexibility index (Phi) is 5.41. The van der Waals surface area contributed by atoms with Crippen molar-refractivity contribution < 1.29 is 9.13 Å². The van der Waals surface area contributed by atoms with Crippen LogP contribution in [0.4, 0.5) is 16.2 Å². The van der Waals surface area contributed by atoms with E-state index < -0.39 is 0 Å². The molecule has 0 aliphatic carbocycles. The highest BCUT2D eigenvalue weighted by atomic mass is 19.1. The van der Waals surface area contributed by atoms with Crippen LogP contribution in [0, 0.1) is 12.7 Å². The molecule has 1 aromatic heterocycles. The Morgan fingerprint density at radius 3 is 2.93 bits per heavy atom. The van der Waals surface area contributed by atoms with Gasteiger partial charge in [0.05, 0.1) is 17.9 Å². The second kappa shape index (κ2) is 7.99. The van der Waals surface area contributed by atoms with Crippen LogP contribution in [0.1, 0.15) is 48.9 Å². The number of ether oxygens (including phenoxy) is 1. The van der Waals surface area contributed by atoms with Gasteiger partial charge >= 0.3 is 0 Å². The molecule has 6 nitrogen and oxygen atoms in total. The van der Waals surface area contributed by atoms with Gasteiger partial charge < -0.3 is 21.1 Å². The number of nitrogens with two attached hydrogens (primary N) is 1. The highest BCUT2D eigenvalue weighted by molar-refractivity contribution is 5.84. The molecule has 3 heterocycles. The number of anilines is 2. The van der Waals surface area contributed by atoms with E-state index in [1.165, 1.54) is 0 Å². The Balaban J connectivity index is 2.01.